The molecule has 2 rings (SSSR count). The summed E-state index contributed by atoms with van der Waals surface area (Å²) in [4.78, 5) is 12.2. The number of rotatable bonds is 3. The molecular weight excluding hydrogens is 389 g/mol. The van der Waals surface area contributed by atoms with Crippen molar-refractivity contribution in [1.82, 2.24) is 5.32 Å². The number of halogens is 2. The third-order valence-corrected chi connectivity index (χ3v) is 3.84. The van der Waals surface area contributed by atoms with Crippen LogP contribution in [0.25, 0.3) is 0 Å². The zero-order valence-corrected chi connectivity index (χ0v) is 13.6. The summed E-state index contributed by atoms with van der Waals surface area (Å²) in [6, 6.07) is 12.0. The zero-order valence-electron chi connectivity index (χ0n) is 10.7. The summed E-state index contributed by atoms with van der Waals surface area (Å²) in [5.41, 5.74) is 1.23. The van der Waals surface area contributed by atoms with Crippen molar-refractivity contribution in [3.05, 3.63) is 62.2 Å². The minimum absolute atomic E-state index is 0.0220. The molecule has 2 aromatic carbocycles. The van der Waals surface area contributed by atoms with Crippen molar-refractivity contribution in [2.24, 2.45) is 0 Å². The van der Waals surface area contributed by atoms with Crippen LogP contribution in [0.2, 0.25) is 5.02 Å². The number of phenols is 1. The minimum Gasteiger partial charge on any atom is -0.507 e. The number of amides is 1. The summed E-state index contributed by atoms with van der Waals surface area (Å²) < 4.78 is 0.893. The highest BCUT2D eigenvalue weighted by Crippen LogP contribution is 2.21. The van der Waals surface area contributed by atoms with E-state index in [9.17, 15) is 9.90 Å². The van der Waals surface area contributed by atoms with E-state index in [4.69, 9.17) is 11.6 Å². The van der Waals surface area contributed by atoms with Crippen LogP contribution in [-0.2, 0) is 0 Å². The third kappa shape index (κ3) is 3.64. The van der Waals surface area contributed by atoms with Gasteiger partial charge in [0.05, 0.1) is 11.6 Å². The average molecular weight is 402 g/mol. The van der Waals surface area contributed by atoms with Crippen molar-refractivity contribution in [1.29, 1.82) is 0 Å². The summed E-state index contributed by atoms with van der Waals surface area (Å²) in [5, 5.41) is 13.3. The van der Waals surface area contributed by atoms with Crippen LogP contribution in [-0.4, -0.2) is 11.0 Å². The van der Waals surface area contributed by atoms with E-state index in [1.165, 1.54) is 6.07 Å². The molecule has 0 aliphatic rings. The van der Waals surface area contributed by atoms with Crippen LogP contribution in [0.15, 0.2) is 42.5 Å². The van der Waals surface area contributed by atoms with Gasteiger partial charge in [0.15, 0.2) is 0 Å². The summed E-state index contributed by atoms with van der Waals surface area (Å²) >= 11 is 7.93. The first-order valence-electron chi connectivity index (χ1n) is 6.02. The fourth-order valence-corrected chi connectivity index (χ4v) is 2.42. The zero-order chi connectivity index (χ0) is 14.7. The van der Waals surface area contributed by atoms with E-state index in [0.29, 0.717) is 5.02 Å². The van der Waals surface area contributed by atoms with E-state index >= 15 is 0 Å². The highest BCUT2D eigenvalue weighted by molar-refractivity contribution is 14.1. The molecule has 0 radical (unpaired) electrons. The van der Waals surface area contributed by atoms with E-state index in [0.717, 1.165) is 9.13 Å². The first kappa shape index (κ1) is 15.1. The second kappa shape index (κ2) is 6.45. The summed E-state index contributed by atoms with van der Waals surface area (Å²) in [7, 11) is 0. The predicted octanol–water partition coefficient (Wildman–Crippen LogP) is 4.14. The largest absolute Gasteiger partial charge is 0.507 e. The van der Waals surface area contributed by atoms with E-state index in [2.05, 4.69) is 27.9 Å². The highest BCUT2D eigenvalue weighted by Gasteiger charge is 2.15. The molecule has 0 heterocycles. The first-order valence-corrected chi connectivity index (χ1v) is 7.48. The number of nitrogens with one attached hydrogen (secondary N) is 1. The molecule has 0 bridgehead atoms. The van der Waals surface area contributed by atoms with Gasteiger partial charge in [0.25, 0.3) is 5.91 Å². The Kier molecular flexibility index (Phi) is 4.88. The molecule has 1 atom stereocenters. The average Bonchev–Trinajstić information content (AvgIpc) is 2.42. The molecule has 0 aliphatic heterocycles. The molecule has 0 saturated heterocycles. The lowest BCUT2D eigenvalue weighted by Gasteiger charge is -2.15. The normalized spacial score (nSPS) is 11.9. The SMILES string of the molecule is CC(NC(=O)c1cc(I)ccc1O)c1ccc(Cl)cc1. The molecule has 3 nitrogen and oxygen atoms in total. The number of benzene rings is 2. The van der Waals surface area contributed by atoms with E-state index in [1.807, 2.05) is 19.1 Å². The highest BCUT2D eigenvalue weighted by atomic mass is 127. The van der Waals surface area contributed by atoms with Gasteiger partial charge in [-0.15, -0.1) is 0 Å². The lowest BCUT2D eigenvalue weighted by Crippen LogP contribution is -2.26. The fraction of sp³-hybridized carbons (Fsp3) is 0.133. The third-order valence-electron chi connectivity index (χ3n) is 2.92. The molecule has 1 unspecified atom stereocenters. The van der Waals surface area contributed by atoms with Gasteiger partial charge in [-0.25, -0.2) is 0 Å². The first-order chi connectivity index (χ1) is 9.47. The van der Waals surface area contributed by atoms with Gasteiger partial charge >= 0.3 is 0 Å². The maximum atomic E-state index is 12.2. The standard InChI is InChI=1S/C15H13ClINO2/c1-9(10-2-4-11(16)5-3-10)18-15(20)13-8-12(17)6-7-14(13)19/h2-9,19H,1H3,(H,18,20). The molecule has 0 spiro atoms. The topological polar surface area (TPSA) is 49.3 Å². The van der Waals surface area contributed by atoms with Crippen LogP contribution in [0, 0.1) is 3.57 Å². The molecule has 5 heteroatoms. The quantitative estimate of drug-likeness (QED) is 0.760. The number of carbonyl (C=O) groups excluding carboxylic acids is 1. The Hall–Kier alpha value is -1.27. The Morgan fingerprint density at radius 2 is 1.90 bits per heavy atom. The number of aromatic hydroxyl groups is 1. The van der Waals surface area contributed by atoms with E-state index in [1.54, 1.807) is 24.3 Å². The Balaban J connectivity index is 2.15. The minimum atomic E-state index is -0.302. The predicted molar refractivity (Wildman–Crippen MR) is 88.2 cm³/mol. The molecule has 104 valence electrons. The van der Waals surface area contributed by atoms with Crippen LogP contribution in [0.1, 0.15) is 28.9 Å². The second-order valence-electron chi connectivity index (χ2n) is 4.41. The van der Waals surface area contributed by atoms with Gasteiger partial charge < -0.3 is 10.4 Å². The lowest BCUT2D eigenvalue weighted by molar-refractivity contribution is 0.0937. The van der Waals surface area contributed by atoms with Gasteiger partial charge in [-0.05, 0) is 65.4 Å². The number of phenolic OH excluding ortho intramolecular Hbond substituents is 1. The summed E-state index contributed by atoms with van der Waals surface area (Å²) in [6.45, 7) is 1.88. The van der Waals surface area contributed by atoms with Crippen molar-refractivity contribution in [3.8, 4) is 5.75 Å². The van der Waals surface area contributed by atoms with Crippen molar-refractivity contribution < 1.29 is 9.90 Å². The van der Waals surface area contributed by atoms with Crippen molar-refractivity contribution in [2.45, 2.75) is 13.0 Å². The summed E-state index contributed by atoms with van der Waals surface area (Å²) in [6.07, 6.45) is 0. The van der Waals surface area contributed by atoms with Gasteiger partial charge in [-0.3, -0.25) is 4.79 Å². The Morgan fingerprint density at radius 3 is 2.55 bits per heavy atom. The monoisotopic (exact) mass is 401 g/mol. The second-order valence-corrected chi connectivity index (χ2v) is 6.09. The summed E-state index contributed by atoms with van der Waals surface area (Å²) in [5.74, 6) is -0.324. The fourth-order valence-electron chi connectivity index (χ4n) is 1.80. The van der Waals surface area contributed by atoms with Gasteiger partial charge in [0, 0.05) is 8.59 Å². The van der Waals surface area contributed by atoms with Crippen molar-refractivity contribution >= 4 is 40.1 Å². The number of hydrogen-bond donors (Lipinski definition) is 2. The number of hydrogen-bond acceptors (Lipinski definition) is 2. The molecule has 20 heavy (non-hydrogen) atoms. The van der Waals surface area contributed by atoms with Crippen LogP contribution in [0.5, 0.6) is 5.75 Å². The van der Waals surface area contributed by atoms with Crippen LogP contribution < -0.4 is 5.32 Å². The molecule has 2 N–H and O–H groups in total. The van der Waals surface area contributed by atoms with E-state index in [-0.39, 0.29) is 23.3 Å². The van der Waals surface area contributed by atoms with Gasteiger partial charge in [0.2, 0.25) is 0 Å². The smallest absolute Gasteiger partial charge is 0.255 e. The molecule has 0 aliphatic carbocycles. The van der Waals surface area contributed by atoms with Crippen LogP contribution in [0.4, 0.5) is 0 Å². The van der Waals surface area contributed by atoms with Crippen LogP contribution >= 0.6 is 34.2 Å². The van der Waals surface area contributed by atoms with Gasteiger partial charge in [0.1, 0.15) is 5.75 Å². The molecule has 0 aromatic heterocycles. The Bertz CT molecular complexity index is 628. The molecule has 0 fully saturated rings. The van der Waals surface area contributed by atoms with Crippen molar-refractivity contribution in [3.63, 3.8) is 0 Å². The van der Waals surface area contributed by atoms with Crippen LogP contribution in [0.3, 0.4) is 0 Å². The number of carbonyl (C=O) groups is 1. The van der Waals surface area contributed by atoms with Gasteiger partial charge in [-0.1, -0.05) is 23.7 Å². The van der Waals surface area contributed by atoms with E-state index < -0.39 is 0 Å². The molecule has 2 aromatic rings. The Morgan fingerprint density at radius 1 is 1.25 bits per heavy atom. The maximum absolute atomic E-state index is 12.2. The Labute approximate surface area is 136 Å². The lowest BCUT2D eigenvalue weighted by atomic mass is 10.1. The molecule has 1 amide bonds. The van der Waals surface area contributed by atoms with Crippen molar-refractivity contribution in [2.75, 3.05) is 0 Å². The van der Waals surface area contributed by atoms with Gasteiger partial charge in [-0.2, -0.15) is 0 Å². The molecule has 0 saturated carbocycles. The molecular formula is C15H13ClINO2. The maximum Gasteiger partial charge on any atom is 0.255 e.